The Kier molecular flexibility index (Phi) is 7.36. The highest BCUT2D eigenvalue weighted by molar-refractivity contribution is 7.92. The van der Waals surface area contributed by atoms with Crippen LogP contribution in [0.3, 0.4) is 0 Å². The summed E-state index contributed by atoms with van der Waals surface area (Å²) >= 11 is 0. The summed E-state index contributed by atoms with van der Waals surface area (Å²) in [7, 11) is -4.11. The number of benzene rings is 2. The van der Waals surface area contributed by atoms with Gasteiger partial charge in [-0.1, -0.05) is 45.0 Å². The summed E-state index contributed by atoms with van der Waals surface area (Å²) in [6.07, 6.45) is 1.95. The van der Waals surface area contributed by atoms with Crippen LogP contribution < -0.4 is 15.2 Å². The third-order valence-electron chi connectivity index (χ3n) is 7.75. The largest absolute Gasteiger partial charge is 0.475 e. The molecule has 0 saturated heterocycles. The van der Waals surface area contributed by atoms with Crippen molar-refractivity contribution in [2.24, 2.45) is 11.1 Å². The van der Waals surface area contributed by atoms with Crippen LogP contribution in [0, 0.1) is 19.3 Å². The van der Waals surface area contributed by atoms with Gasteiger partial charge < -0.3 is 15.4 Å². The van der Waals surface area contributed by atoms with Crippen LogP contribution in [0.15, 0.2) is 53.4 Å². The molecule has 0 spiro atoms. The average molecular weight is 578 g/mol. The molecule has 2 aliphatic rings. The van der Waals surface area contributed by atoms with E-state index in [-0.39, 0.29) is 52.3 Å². The van der Waals surface area contributed by atoms with Gasteiger partial charge in [-0.05, 0) is 74.8 Å². The van der Waals surface area contributed by atoms with Gasteiger partial charge in [0, 0.05) is 28.8 Å². The van der Waals surface area contributed by atoms with Gasteiger partial charge in [0.2, 0.25) is 11.8 Å². The van der Waals surface area contributed by atoms with Crippen LogP contribution in [0.5, 0.6) is 5.88 Å². The molecule has 2 aromatic carbocycles. The predicted octanol–water partition coefficient (Wildman–Crippen LogP) is 5.08. The van der Waals surface area contributed by atoms with E-state index in [0.717, 1.165) is 16.7 Å². The summed E-state index contributed by atoms with van der Waals surface area (Å²) in [6.45, 7) is 12.5. The van der Waals surface area contributed by atoms with Crippen LogP contribution in [0.1, 0.15) is 68.4 Å². The number of fused-ring (bicyclic) bond motifs is 4. The van der Waals surface area contributed by atoms with Crippen molar-refractivity contribution in [3.05, 3.63) is 65.2 Å². The second-order valence-electron chi connectivity index (χ2n) is 13.0. The number of amides is 1. The minimum Gasteiger partial charge on any atom is -0.475 e. The van der Waals surface area contributed by atoms with E-state index in [9.17, 15) is 13.2 Å². The molecule has 1 saturated carbocycles. The first-order chi connectivity index (χ1) is 19.1. The molecule has 0 radical (unpaired) electrons. The van der Waals surface area contributed by atoms with E-state index < -0.39 is 10.0 Å². The normalized spacial score (nSPS) is 24.2. The lowest BCUT2D eigenvalue weighted by molar-refractivity contribution is 0.00619. The smallest absolute Gasteiger partial charge is 0.264 e. The van der Waals surface area contributed by atoms with E-state index in [0.29, 0.717) is 30.5 Å². The minimum atomic E-state index is -4.11. The van der Waals surface area contributed by atoms with Crippen LogP contribution in [-0.4, -0.2) is 53.4 Å². The number of carbonyl (C=O) groups excluding carboxylic acids is 1. The molecule has 1 aromatic heterocycles. The van der Waals surface area contributed by atoms with Crippen LogP contribution in [0.4, 0.5) is 5.95 Å². The number of hydrogen-bond acceptors (Lipinski definition) is 7. The highest BCUT2D eigenvalue weighted by Crippen LogP contribution is 2.38. The standard InChI is InChI=1S/C31H39N5O4S/c1-19-9-7-10-20(2)27(19)25-14-26-34-29(33-25)35-41(38,39)24-12-8-11-21(13-24)28(37)36(22-16-31(6,32)17-22)23(18-40-26)15-30(3,4)5/h7-14,22-23H,15-18,32H2,1-6H3,(H,33,34,35)/t22?,23-,31?/m1/s1. The topological polar surface area (TPSA) is 128 Å². The first-order valence-corrected chi connectivity index (χ1v) is 15.4. The summed E-state index contributed by atoms with van der Waals surface area (Å²) < 4.78 is 35.9. The molecule has 1 atom stereocenters. The van der Waals surface area contributed by atoms with Crippen LogP contribution in [-0.2, 0) is 10.0 Å². The van der Waals surface area contributed by atoms with Crippen molar-refractivity contribution in [3.8, 4) is 17.1 Å². The number of nitrogens with two attached hydrogens (primary N) is 1. The number of nitrogens with one attached hydrogen (secondary N) is 1. The molecular formula is C31H39N5O4S. The molecule has 41 heavy (non-hydrogen) atoms. The Morgan fingerprint density at radius 3 is 2.37 bits per heavy atom. The van der Waals surface area contributed by atoms with Crippen LogP contribution in [0.25, 0.3) is 11.3 Å². The van der Waals surface area contributed by atoms with E-state index in [1.54, 1.807) is 18.2 Å². The molecular weight excluding hydrogens is 538 g/mol. The zero-order chi connectivity index (χ0) is 29.7. The zero-order valence-corrected chi connectivity index (χ0v) is 25.4. The van der Waals surface area contributed by atoms with E-state index in [1.165, 1.54) is 12.1 Å². The maximum atomic E-state index is 14.2. The molecule has 218 valence electrons. The van der Waals surface area contributed by atoms with Crippen LogP contribution >= 0.6 is 0 Å². The number of hydrogen-bond donors (Lipinski definition) is 2. The number of aromatic nitrogens is 2. The monoisotopic (exact) mass is 577 g/mol. The Morgan fingerprint density at radius 1 is 1.07 bits per heavy atom. The molecule has 0 unspecified atom stereocenters. The van der Waals surface area contributed by atoms with Gasteiger partial charge in [-0.2, -0.15) is 4.98 Å². The average Bonchev–Trinajstić information content (AvgIpc) is 2.84. The van der Waals surface area contributed by atoms with E-state index in [4.69, 9.17) is 10.5 Å². The number of anilines is 1. The fourth-order valence-corrected chi connectivity index (χ4v) is 6.97. The predicted molar refractivity (Wildman–Crippen MR) is 159 cm³/mol. The molecule has 9 nitrogen and oxygen atoms in total. The van der Waals surface area contributed by atoms with Gasteiger partial charge in [-0.3, -0.25) is 4.79 Å². The van der Waals surface area contributed by atoms with Gasteiger partial charge in [0.25, 0.3) is 15.9 Å². The van der Waals surface area contributed by atoms with Crippen molar-refractivity contribution in [2.45, 2.75) is 83.3 Å². The number of sulfonamides is 1. The molecule has 3 N–H and O–H groups in total. The second kappa shape index (κ2) is 10.4. The van der Waals surface area contributed by atoms with E-state index in [1.807, 2.05) is 43.9 Å². The second-order valence-corrected chi connectivity index (χ2v) is 14.7. The zero-order valence-electron chi connectivity index (χ0n) is 24.6. The van der Waals surface area contributed by atoms with Gasteiger partial charge in [0.05, 0.1) is 16.6 Å². The maximum Gasteiger partial charge on any atom is 0.264 e. The van der Waals surface area contributed by atoms with Crippen LogP contribution in [0.2, 0.25) is 0 Å². The molecule has 1 aliphatic heterocycles. The van der Waals surface area contributed by atoms with Gasteiger partial charge >= 0.3 is 0 Å². The van der Waals surface area contributed by atoms with Crippen molar-refractivity contribution in [1.82, 2.24) is 14.9 Å². The maximum absolute atomic E-state index is 14.2. The van der Waals surface area contributed by atoms with E-state index in [2.05, 4.69) is 35.5 Å². The van der Waals surface area contributed by atoms with Crippen molar-refractivity contribution >= 4 is 21.9 Å². The molecule has 3 aromatic rings. The number of carbonyl (C=O) groups is 1. The summed E-state index contributed by atoms with van der Waals surface area (Å²) in [4.78, 5) is 25.0. The van der Waals surface area contributed by atoms with Crippen molar-refractivity contribution in [2.75, 3.05) is 11.3 Å². The Balaban J connectivity index is 1.67. The molecule has 4 bridgehead atoms. The number of ether oxygens (including phenoxy) is 1. The lowest BCUT2D eigenvalue weighted by Crippen LogP contribution is -2.63. The van der Waals surface area contributed by atoms with E-state index >= 15 is 0 Å². The molecule has 1 amide bonds. The van der Waals surface area contributed by atoms with Gasteiger partial charge in [0.1, 0.15) is 6.61 Å². The highest BCUT2D eigenvalue weighted by Gasteiger charge is 2.45. The number of nitrogens with zero attached hydrogens (tertiary/aromatic N) is 3. The van der Waals surface area contributed by atoms with Crippen molar-refractivity contribution in [1.29, 1.82) is 0 Å². The Labute approximate surface area is 242 Å². The van der Waals surface area contributed by atoms with Crippen molar-refractivity contribution < 1.29 is 17.9 Å². The molecule has 2 heterocycles. The van der Waals surface area contributed by atoms with Gasteiger partial charge in [0.15, 0.2) is 0 Å². The van der Waals surface area contributed by atoms with Gasteiger partial charge in [-0.25, -0.2) is 18.1 Å². The lowest BCUT2D eigenvalue weighted by atomic mass is 9.73. The molecule has 1 aliphatic carbocycles. The third kappa shape index (κ3) is 6.23. The fourth-order valence-electron chi connectivity index (χ4n) is 5.98. The number of aryl methyl sites for hydroxylation is 2. The Hall–Kier alpha value is -3.50. The summed E-state index contributed by atoms with van der Waals surface area (Å²) in [5.41, 5.74) is 9.61. The summed E-state index contributed by atoms with van der Waals surface area (Å²) in [5, 5.41) is 0. The Morgan fingerprint density at radius 2 is 1.73 bits per heavy atom. The SMILES string of the molecule is Cc1cccc(C)c1-c1cc2nc(n1)NS(=O)(=O)c1cccc(c1)C(=O)N(C1CC(C)(N)C1)[C@H](CC(C)(C)C)CO2. The Bertz CT molecular complexity index is 1570. The summed E-state index contributed by atoms with van der Waals surface area (Å²) in [5.74, 6) is -0.114. The third-order valence-corrected chi connectivity index (χ3v) is 9.08. The fraction of sp³-hybridized carbons (Fsp3) is 0.452. The highest BCUT2D eigenvalue weighted by atomic mass is 32.2. The lowest BCUT2D eigenvalue weighted by Gasteiger charge is -2.51. The first-order valence-electron chi connectivity index (χ1n) is 13.9. The van der Waals surface area contributed by atoms with Crippen molar-refractivity contribution in [3.63, 3.8) is 0 Å². The molecule has 5 rings (SSSR count). The molecule has 1 fully saturated rings. The number of rotatable bonds is 3. The van der Waals surface area contributed by atoms with Gasteiger partial charge in [-0.15, -0.1) is 0 Å². The molecule has 10 heteroatoms. The summed E-state index contributed by atoms with van der Waals surface area (Å²) in [6, 6.07) is 13.4. The first kappa shape index (κ1) is 29.0. The minimum absolute atomic E-state index is 0.0456. The quantitative estimate of drug-likeness (QED) is 0.444.